The summed E-state index contributed by atoms with van der Waals surface area (Å²) in [6.07, 6.45) is 4.80. The molecule has 0 aliphatic rings. The molecule has 0 fully saturated rings. The summed E-state index contributed by atoms with van der Waals surface area (Å²) in [5, 5.41) is 7.48. The third kappa shape index (κ3) is 1.17. The van der Waals surface area contributed by atoms with Crippen molar-refractivity contribution in [1.29, 1.82) is 0 Å². The molecular weight excluding hydrogens is 180 g/mol. The fourth-order valence-corrected chi connectivity index (χ4v) is 1.12. The zero-order chi connectivity index (χ0) is 10.1. The van der Waals surface area contributed by atoms with Crippen molar-refractivity contribution in [2.75, 3.05) is 11.5 Å². The van der Waals surface area contributed by atoms with Gasteiger partial charge in [-0.15, -0.1) is 5.10 Å². The third-order valence-corrected chi connectivity index (χ3v) is 2.04. The van der Waals surface area contributed by atoms with Crippen LogP contribution in [0, 0.1) is 6.92 Å². The minimum Gasteiger partial charge on any atom is -0.397 e. The van der Waals surface area contributed by atoms with Crippen LogP contribution in [0.4, 0.5) is 11.4 Å². The Labute approximate surface area is 80.5 Å². The Morgan fingerprint density at radius 1 is 1.36 bits per heavy atom. The molecule has 0 unspecified atom stereocenters. The normalized spacial score (nSPS) is 10.4. The first-order valence-corrected chi connectivity index (χ1v) is 4.07. The minimum absolute atomic E-state index is 0.524. The topological polar surface area (TPSA) is 95.6 Å². The monoisotopic (exact) mass is 190 g/mol. The lowest BCUT2D eigenvalue weighted by molar-refractivity contribution is 0.783. The lowest BCUT2D eigenvalue weighted by atomic mass is 10.2. The molecule has 2 rings (SSSR count). The van der Waals surface area contributed by atoms with Gasteiger partial charge in [-0.25, -0.2) is 9.67 Å². The summed E-state index contributed by atoms with van der Waals surface area (Å²) >= 11 is 0. The van der Waals surface area contributed by atoms with Gasteiger partial charge < -0.3 is 11.5 Å². The summed E-state index contributed by atoms with van der Waals surface area (Å²) in [5.74, 6) is 0.550. The van der Waals surface area contributed by atoms with Gasteiger partial charge in [0.15, 0.2) is 5.82 Å². The van der Waals surface area contributed by atoms with E-state index < -0.39 is 0 Å². The average Bonchev–Trinajstić information content (AvgIpc) is 2.67. The van der Waals surface area contributed by atoms with E-state index >= 15 is 0 Å². The second-order valence-electron chi connectivity index (χ2n) is 2.92. The second-order valence-corrected chi connectivity index (χ2v) is 2.92. The van der Waals surface area contributed by atoms with Gasteiger partial charge in [0.2, 0.25) is 0 Å². The number of rotatable bonds is 1. The van der Waals surface area contributed by atoms with Crippen molar-refractivity contribution < 1.29 is 0 Å². The number of nitrogen functional groups attached to an aromatic ring is 2. The number of nitrogens with two attached hydrogens (primary N) is 2. The molecule has 2 heterocycles. The van der Waals surface area contributed by atoms with E-state index in [2.05, 4.69) is 15.3 Å². The Bertz CT molecular complexity index is 447. The maximum Gasteiger partial charge on any atom is 0.178 e. The van der Waals surface area contributed by atoms with Crippen LogP contribution in [-0.4, -0.2) is 20.0 Å². The van der Waals surface area contributed by atoms with E-state index in [9.17, 15) is 0 Å². The Kier molecular flexibility index (Phi) is 1.81. The molecule has 0 amide bonds. The number of pyridine rings is 1. The largest absolute Gasteiger partial charge is 0.397 e. The Hall–Kier alpha value is -2.11. The molecular formula is C8H10N6. The Morgan fingerprint density at radius 2 is 2.14 bits per heavy atom. The van der Waals surface area contributed by atoms with Gasteiger partial charge in [-0.1, -0.05) is 5.21 Å². The van der Waals surface area contributed by atoms with Crippen LogP contribution in [0.25, 0.3) is 5.82 Å². The van der Waals surface area contributed by atoms with Crippen molar-refractivity contribution >= 4 is 11.4 Å². The van der Waals surface area contributed by atoms with Crippen molar-refractivity contribution in [3.8, 4) is 5.82 Å². The average molecular weight is 190 g/mol. The summed E-state index contributed by atoms with van der Waals surface area (Å²) in [6.45, 7) is 1.84. The quantitative estimate of drug-likeness (QED) is 0.666. The zero-order valence-corrected chi connectivity index (χ0v) is 7.68. The maximum absolute atomic E-state index is 5.84. The van der Waals surface area contributed by atoms with Crippen LogP contribution in [-0.2, 0) is 0 Å². The van der Waals surface area contributed by atoms with Crippen LogP contribution < -0.4 is 11.5 Å². The molecule has 72 valence electrons. The molecule has 4 N–H and O–H groups in total. The summed E-state index contributed by atoms with van der Waals surface area (Å²) in [7, 11) is 0. The molecule has 0 saturated carbocycles. The van der Waals surface area contributed by atoms with Gasteiger partial charge in [0, 0.05) is 5.56 Å². The van der Waals surface area contributed by atoms with Gasteiger partial charge >= 0.3 is 0 Å². The van der Waals surface area contributed by atoms with Crippen molar-refractivity contribution in [3.05, 3.63) is 24.2 Å². The van der Waals surface area contributed by atoms with Crippen LogP contribution in [0.1, 0.15) is 5.56 Å². The first-order chi connectivity index (χ1) is 6.70. The standard InChI is InChI=1S/C8H10N6/c1-5-6(9)4-11-8(7(5)10)14-3-2-12-13-14/h2-4H,9-10H2,1H3. The highest BCUT2D eigenvalue weighted by Crippen LogP contribution is 2.22. The molecule has 0 radical (unpaired) electrons. The number of aromatic nitrogens is 4. The molecule has 2 aromatic rings. The van der Waals surface area contributed by atoms with Gasteiger partial charge in [-0.3, -0.25) is 0 Å². The van der Waals surface area contributed by atoms with E-state index in [1.54, 1.807) is 18.6 Å². The summed E-state index contributed by atoms with van der Waals surface area (Å²) in [5.41, 5.74) is 13.4. The van der Waals surface area contributed by atoms with Gasteiger partial charge in [0.1, 0.15) is 0 Å². The smallest absolute Gasteiger partial charge is 0.178 e. The van der Waals surface area contributed by atoms with Crippen LogP contribution >= 0.6 is 0 Å². The molecule has 6 heteroatoms. The van der Waals surface area contributed by atoms with E-state index in [-0.39, 0.29) is 0 Å². The molecule has 0 atom stereocenters. The maximum atomic E-state index is 5.84. The lowest BCUT2D eigenvalue weighted by Crippen LogP contribution is -2.07. The molecule has 0 spiro atoms. The van der Waals surface area contributed by atoms with E-state index in [1.165, 1.54) is 4.68 Å². The molecule has 14 heavy (non-hydrogen) atoms. The number of hydrogen-bond acceptors (Lipinski definition) is 5. The highest BCUT2D eigenvalue weighted by Gasteiger charge is 2.08. The van der Waals surface area contributed by atoms with E-state index in [4.69, 9.17) is 11.5 Å². The second kappa shape index (κ2) is 2.99. The van der Waals surface area contributed by atoms with Crippen LogP contribution in [0.15, 0.2) is 18.6 Å². The van der Waals surface area contributed by atoms with Crippen molar-refractivity contribution in [1.82, 2.24) is 20.0 Å². The molecule has 0 saturated heterocycles. The summed E-state index contributed by atoms with van der Waals surface area (Å²) in [6, 6.07) is 0. The molecule has 0 bridgehead atoms. The van der Waals surface area contributed by atoms with E-state index in [0.29, 0.717) is 17.2 Å². The van der Waals surface area contributed by atoms with E-state index in [0.717, 1.165) is 5.56 Å². The summed E-state index contributed by atoms with van der Waals surface area (Å²) < 4.78 is 1.50. The van der Waals surface area contributed by atoms with Crippen molar-refractivity contribution in [3.63, 3.8) is 0 Å². The number of hydrogen-bond donors (Lipinski definition) is 2. The van der Waals surface area contributed by atoms with Crippen molar-refractivity contribution in [2.24, 2.45) is 0 Å². The Balaban J connectivity index is 2.61. The SMILES string of the molecule is Cc1c(N)cnc(-n2ccnn2)c1N. The third-order valence-electron chi connectivity index (χ3n) is 2.04. The number of nitrogens with zero attached hydrogens (tertiary/aromatic N) is 4. The van der Waals surface area contributed by atoms with Crippen LogP contribution in [0.2, 0.25) is 0 Å². The van der Waals surface area contributed by atoms with Gasteiger partial charge in [-0.05, 0) is 6.92 Å². The van der Waals surface area contributed by atoms with Crippen LogP contribution in [0.5, 0.6) is 0 Å². The molecule has 6 nitrogen and oxygen atoms in total. The zero-order valence-electron chi connectivity index (χ0n) is 7.68. The van der Waals surface area contributed by atoms with Crippen LogP contribution in [0.3, 0.4) is 0 Å². The van der Waals surface area contributed by atoms with Gasteiger partial charge in [0.05, 0.1) is 30.0 Å². The lowest BCUT2D eigenvalue weighted by Gasteiger charge is -2.08. The highest BCUT2D eigenvalue weighted by molar-refractivity contribution is 5.66. The van der Waals surface area contributed by atoms with Crippen molar-refractivity contribution in [2.45, 2.75) is 6.92 Å². The van der Waals surface area contributed by atoms with Gasteiger partial charge in [-0.2, -0.15) is 0 Å². The molecule has 0 aliphatic carbocycles. The predicted molar refractivity (Wildman–Crippen MR) is 52.7 cm³/mol. The first-order valence-electron chi connectivity index (χ1n) is 4.07. The molecule has 0 aromatic carbocycles. The minimum atomic E-state index is 0.524. The fourth-order valence-electron chi connectivity index (χ4n) is 1.12. The van der Waals surface area contributed by atoms with Gasteiger partial charge in [0.25, 0.3) is 0 Å². The predicted octanol–water partition coefficient (Wildman–Crippen LogP) is 0.135. The fraction of sp³-hybridized carbons (Fsp3) is 0.125. The molecule has 0 aliphatic heterocycles. The molecule has 2 aromatic heterocycles. The summed E-state index contributed by atoms with van der Waals surface area (Å²) in [4.78, 5) is 4.09. The first kappa shape index (κ1) is 8.49. The number of anilines is 2. The highest BCUT2D eigenvalue weighted by atomic mass is 15.4. The van der Waals surface area contributed by atoms with E-state index in [1.807, 2.05) is 6.92 Å². The Morgan fingerprint density at radius 3 is 2.79 bits per heavy atom.